The first-order valence-corrected chi connectivity index (χ1v) is 16.8. The van der Waals surface area contributed by atoms with Crippen molar-refractivity contribution in [2.75, 3.05) is 27.2 Å². The van der Waals surface area contributed by atoms with Crippen molar-refractivity contribution in [2.45, 2.75) is 79.4 Å². The minimum Gasteiger partial charge on any atom is -0.482 e. The number of Topliss-reactive ketones (excluding diaryl/α,β-unsaturated/α-hetero) is 1. The number of nitrogens with zero attached hydrogens (tertiary/aromatic N) is 4. The van der Waals surface area contributed by atoms with Crippen LogP contribution in [0.3, 0.4) is 0 Å². The maximum atomic E-state index is 13.5. The van der Waals surface area contributed by atoms with Crippen LogP contribution in [-0.2, 0) is 28.5 Å². The second-order valence-electron chi connectivity index (χ2n) is 14.9. The van der Waals surface area contributed by atoms with Crippen LogP contribution in [-0.4, -0.2) is 89.0 Å². The predicted molar refractivity (Wildman–Crippen MR) is 168 cm³/mol. The van der Waals surface area contributed by atoms with Gasteiger partial charge in [0.15, 0.2) is 17.3 Å². The Kier molecular flexibility index (Phi) is 5.55. The Morgan fingerprint density at radius 3 is 2.21 bits per heavy atom. The van der Waals surface area contributed by atoms with Crippen LogP contribution in [0.4, 0.5) is 0 Å². The molecule has 0 amide bonds. The Balaban J connectivity index is 0.984. The molecule has 4 aliphatic heterocycles. The number of piperidine rings is 2. The van der Waals surface area contributed by atoms with Gasteiger partial charge < -0.3 is 39.2 Å². The Bertz CT molecular complexity index is 1840. The van der Waals surface area contributed by atoms with E-state index in [4.69, 9.17) is 19.1 Å². The zero-order chi connectivity index (χ0) is 32.0. The van der Waals surface area contributed by atoms with Gasteiger partial charge >= 0.3 is 0 Å². The monoisotopic (exact) mass is 638 g/mol. The van der Waals surface area contributed by atoms with Gasteiger partial charge in [-0.05, 0) is 83.1 Å². The van der Waals surface area contributed by atoms with Crippen molar-refractivity contribution in [3.05, 3.63) is 70.8 Å². The molecule has 2 aromatic carbocycles. The minimum atomic E-state index is -1.44. The molecule has 11 nitrogen and oxygen atoms in total. The lowest BCUT2D eigenvalue weighted by Gasteiger charge is -2.60. The quantitative estimate of drug-likeness (QED) is 0.289. The van der Waals surface area contributed by atoms with Gasteiger partial charge in [0.25, 0.3) is 0 Å². The predicted octanol–water partition coefficient (Wildman–Crippen LogP) is 3.00. The summed E-state index contributed by atoms with van der Waals surface area (Å²) in [6.45, 7) is 3.23. The van der Waals surface area contributed by atoms with Crippen LogP contribution >= 0.6 is 0 Å². The Labute approximate surface area is 272 Å². The van der Waals surface area contributed by atoms with Crippen LogP contribution in [0.25, 0.3) is 0 Å². The molecule has 0 aromatic heterocycles. The number of likely N-dealkylation sites (tertiary alicyclic amines) is 2. The summed E-state index contributed by atoms with van der Waals surface area (Å²) >= 11 is 0. The normalized spacial score (nSPS) is 41.3. The van der Waals surface area contributed by atoms with E-state index in [0.717, 1.165) is 49.0 Å². The summed E-state index contributed by atoms with van der Waals surface area (Å²) in [4.78, 5) is 30.0. The maximum Gasteiger partial charge on any atom is 0.206 e. The van der Waals surface area contributed by atoms with Crippen molar-refractivity contribution in [2.24, 2.45) is 22.4 Å². The van der Waals surface area contributed by atoms with Crippen molar-refractivity contribution >= 4 is 5.78 Å². The zero-order valence-corrected chi connectivity index (χ0v) is 26.6. The number of ketones is 1. The Morgan fingerprint density at radius 2 is 1.49 bits per heavy atom. The lowest BCUT2D eigenvalue weighted by Crippen LogP contribution is -2.73. The van der Waals surface area contributed by atoms with E-state index >= 15 is 0 Å². The van der Waals surface area contributed by atoms with E-state index in [1.807, 2.05) is 18.2 Å². The van der Waals surface area contributed by atoms with Crippen molar-refractivity contribution in [3.63, 3.8) is 0 Å². The molecule has 4 bridgehead atoms. The van der Waals surface area contributed by atoms with E-state index in [-0.39, 0.29) is 35.2 Å². The highest BCUT2D eigenvalue weighted by Crippen LogP contribution is 2.67. The summed E-state index contributed by atoms with van der Waals surface area (Å²) in [6, 6.07) is 8.29. The summed E-state index contributed by atoms with van der Waals surface area (Å²) in [5, 5.41) is 30.4. The largest absolute Gasteiger partial charge is 0.482 e. The number of carbonyl (C=O) groups excluding carboxylic acids is 1. The number of benzene rings is 2. The molecule has 0 radical (unpaired) electrons. The van der Waals surface area contributed by atoms with Gasteiger partial charge in [0.2, 0.25) is 17.1 Å². The van der Waals surface area contributed by atoms with Crippen molar-refractivity contribution in [1.29, 1.82) is 0 Å². The van der Waals surface area contributed by atoms with Crippen LogP contribution in [0.15, 0.2) is 59.1 Å². The number of ether oxygens (including phenoxy) is 2. The molecule has 4 heterocycles. The molecule has 10 atom stereocenters. The van der Waals surface area contributed by atoms with Gasteiger partial charge in [0, 0.05) is 40.5 Å². The number of aliphatic hydroxyl groups is 2. The van der Waals surface area contributed by atoms with E-state index in [0.29, 0.717) is 35.5 Å². The summed E-state index contributed by atoms with van der Waals surface area (Å²) in [6.07, 6.45) is 8.95. The van der Waals surface area contributed by atoms with Crippen LogP contribution in [0.1, 0.15) is 42.0 Å². The van der Waals surface area contributed by atoms with Crippen molar-refractivity contribution < 1.29 is 34.2 Å². The third-order valence-electron chi connectivity index (χ3n) is 13.3. The van der Waals surface area contributed by atoms with Crippen LogP contribution in [0, 0.1) is 11.8 Å². The maximum absolute atomic E-state index is 13.5. The molecule has 11 heteroatoms. The molecule has 2 spiro atoms. The van der Waals surface area contributed by atoms with Crippen LogP contribution in [0.5, 0.6) is 23.0 Å². The van der Waals surface area contributed by atoms with Crippen LogP contribution < -0.4 is 19.1 Å². The van der Waals surface area contributed by atoms with Crippen molar-refractivity contribution in [1.82, 2.24) is 9.80 Å². The summed E-state index contributed by atoms with van der Waals surface area (Å²) in [5.74, 6) is 1.85. The smallest absolute Gasteiger partial charge is 0.206 e. The number of aliphatic hydroxyl groups excluding tert-OH is 2. The van der Waals surface area contributed by atoms with E-state index < -0.39 is 23.2 Å². The molecule has 47 heavy (non-hydrogen) atoms. The summed E-state index contributed by atoms with van der Waals surface area (Å²) in [5.41, 5.74) is 1.93. The standard InChI is InChI=1S/C36H38N4O7/c1-18(41)36-28(43)11-7-22-24-17-20-5-10-27(32(45-36)30(20)35(22,36)13-15-40(24)3)47-38-37-46-26-9-4-19-16-23-21-6-8-25(42)33-34(21,12-14-39(23)2)29(19)31(26)44-33/h4-11,21-25,28,33,42-43H,12-17H2,1-3H3/t21-,22-,23+,24+,25-,28-,33-,34-,35-,36-/m0/s1. The first kappa shape index (κ1) is 28.3. The molecular weight excluding hydrogens is 600 g/mol. The second-order valence-corrected chi connectivity index (χ2v) is 14.9. The van der Waals surface area contributed by atoms with Gasteiger partial charge in [-0.3, -0.25) is 4.79 Å². The molecule has 2 aromatic rings. The van der Waals surface area contributed by atoms with Gasteiger partial charge in [0.05, 0.1) is 16.0 Å². The molecule has 2 saturated heterocycles. The van der Waals surface area contributed by atoms with Gasteiger partial charge in [0.1, 0.15) is 18.3 Å². The fraction of sp³-hybridized carbons (Fsp3) is 0.528. The van der Waals surface area contributed by atoms with Gasteiger partial charge in [-0.1, -0.05) is 36.4 Å². The number of likely N-dealkylation sites (N-methyl/N-ethyl adjacent to an activating group) is 2. The van der Waals surface area contributed by atoms with Crippen molar-refractivity contribution in [3.8, 4) is 23.0 Å². The lowest BCUT2D eigenvalue weighted by molar-refractivity contribution is -0.159. The highest BCUT2D eigenvalue weighted by Gasteiger charge is 2.74. The molecule has 0 unspecified atom stereocenters. The average molecular weight is 639 g/mol. The highest BCUT2D eigenvalue weighted by molar-refractivity contribution is 5.92. The number of hydrogen-bond acceptors (Lipinski definition) is 11. The topological polar surface area (TPSA) is 126 Å². The number of rotatable bonds is 5. The van der Waals surface area contributed by atoms with E-state index in [1.54, 1.807) is 12.1 Å². The van der Waals surface area contributed by atoms with E-state index in [2.05, 4.69) is 52.7 Å². The Morgan fingerprint density at radius 1 is 0.851 bits per heavy atom. The van der Waals surface area contributed by atoms with E-state index in [1.165, 1.54) is 12.5 Å². The molecule has 2 fully saturated rings. The highest BCUT2D eigenvalue weighted by atomic mass is 16.7. The van der Waals surface area contributed by atoms with E-state index in [9.17, 15) is 15.0 Å². The summed E-state index contributed by atoms with van der Waals surface area (Å²) < 4.78 is 13.2. The lowest BCUT2D eigenvalue weighted by atomic mass is 9.48. The van der Waals surface area contributed by atoms with Gasteiger partial charge in [-0.2, -0.15) is 0 Å². The molecule has 2 N–H and O–H groups in total. The first-order valence-electron chi connectivity index (χ1n) is 16.8. The third-order valence-corrected chi connectivity index (χ3v) is 13.3. The zero-order valence-electron chi connectivity index (χ0n) is 26.6. The summed E-state index contributed by atoms with van der Waals surface area (Å²) in [7, 11) is 4.31. The first-order chi connectivity index (χ1) is 22.7. The molecule has 4 aliphatic carbocycles. The average Bonchev–Trinajstić information content (AvgIpc) is 3.58. The number of hydrogen-bond donors (Lipinski definition) is 2. The minimum absolute atomic E-state index is 0.00994. The van der Waals surface area contributed by atoms with Gasteiger partial charge in [-0.25, -0.2) is 0 Å². The van der Waals surface area contributed by atoms with Crippen LogP contribution in [0.2, 0.25) is 0 Å². The molecule has 0 saturated carbocycles. The SMILES string of the molecule is CC(=O)[C@@]12Oc3c(ON=NOc4ccc5c6c4O[C@H]4[C@@H](O)C=C[C@H]7[C@@H](C5)N(C)CC[C@@]674)ccc4c3[C@@]13CCN(C)[C@H](C4)[C@@H]3C=C[C@@H]2O. The molecule has 8 aliphatic rings. The molecule has 244 valence electrons. The number of carbonyl (C=O) groups is 1. The second kappa shape index (κ2) is 9.22. The molecular formula is C36H38N4O7. The third kappa shape index (κ3) is 3.15. The van der Waals surface area contributed by atoms with Gasteiger partial charge in [-0.15, -0.1) is 0 Å². The molecule has 10 rings (SSSR count). The Hall–Kier alpha value is -3.77. The fourth-order valence-corrected chi connectivity index (χ4v) is 11.4. The fourth-order valence-electron chi connectivity index (χ4n) is 11.4.